The van der Waals surface area contributed by atoms with Gasteiger partial charge in [-0.1, -0.05) is 6.07 Å². The maximum absolute atomic E-state index is 13.8. The number of hydrogen-bond donors (Lipinski definition) is 1. The summed E-state index contributed by atoms with van der Waals surface area (Å²) in [6, 6.07) is 3.71. The number of piperazine rings is 1. The number of methoxy groups -OCH3 is 1. The van der Waals surface area contributed by atoms with Crippen LogP contribution in [0.4, 0.5) is 0 Å². The van der Waals surface area contributed by atoms with Gasteiger partial charge < -0.3 is 19.5 Å². The van der Waals surface area contributed by atoms with Crippen molar-refractivity contribution in [1.82, 2.24) is 39.5 Å². The highest BCUT2D eigenvalue weighted by Gasteiger charge is 2.31. The third kappa shape index (κ3) is 3.98. The molecular formula is C23H22N8O4. The molecule has 12 nitrogen and oxygen atoms in total. The molecule has 4 aromatic rings. The van der Waals surface area contributed by atoms with Crippen LogP contribution < -0.4 is 4.74 Å². The molecule has 0 spiro atoms. The van der Waals surface area contributed by atoms with Gasteiger partial charge in [0.2, 0.25) is 0 Å². The second-order valence-corrected chi connectivity index (χ2v) is 6.79. The average Bonchev–Trinajstić information content (AvgIpc) is 3.64. The van der Waals surface area contributed by atoms with Gasteiger partial charge in [0.1, 0.15) is 23.6 Å². The largest absolute Gasteiger partial charge is 0.494 e. The zero-order valence-electron chi connectivity index (χ0n) is 31.3. The third-order valence-corrected chi connectivity index (χ3v) is 4.75. The Morgan fingerprint density at radius 1 is 1.11 bits per heavy atom. The molecule has 0 bridgehead atoms. The van der Waals surface area contributed by atoms with Gasteiger partial charge in [0.25, 0.3) is 17.6 Å². The lowest BCUT2D eigenvalue weighted by Gasteiger charge is -2.34. The zero-order valence-corrected chi connectivity index (χ0v) is 17.3. The third-order valence-electron chi connectivity index (χ3n) is 4.75. The monoisotopic (exact) mass is 488 g/mol. The Bertz CT molecular complexity index is 1950. The molecule has 1 saturated heterocycles. The van der Waals surface area contributed by atoms with Gasteiger partial charge in [-0.3, -0.25) is 19.4 Å². The van der Waals surface area contributed by atoms with Crippen LogP contribution in [0.2, 0.25) is 0 Å². The first kappa shape index (κ1) is 11.2. The van der Waals surface area contributed by atoms with Crippen molar-refractivity contribution in [3.05, 3.63) is 60.2 Å². The van der Waals surface area contributed by atoms with Crippen molar-refractivity contribution in [2.75, 3.05) is 33.0 Å². The van der Waals surface area contributed by atoms with E-state index in [1.165, 1.54) is 12.1 Å². The van der Waals surface area contributed by atoms with E-state index in [9.17, 15) is 14.4 Å². The van der Waals surface area contributed by atoms with Crippen LogP contribution in [0.3, 0.4) is 0 Å². The number of carbonyl (C=O) groups excluding carboxylic acids is 3. The molecule has 1 aliphatic heterocycles. The number of aromatic amines is 1. The van der Waals surface area contributed by atoms with Crippen LogP contribution in [0.1, 0.15) is 45.9 Å². The molecule has 0 unspecified atom stereocenters. The van der Waals surface area contributed by atoms with E-state index >= 15 is 0 Å². The highest BCUT2D eigenvalue weighted by Crippen LogP contribution is 2.31. The minimum absolute atomic E-state index is 0.289. The molecule has 12 heteroatoms. The zero-order chi connectivity index (χ0) is 36.7. The summed E-state index contributed by atoms with van der Waals surface area (Å²) in [6.07, 6.45) is 3.62. The minimum Gasteiger partial charge on any atom is -0.494 e. The maximum Gasteiger partial charge on any atom is 0.295 e. The Morgan fingerprint density at radius 3 is 2.66 bits per heavy atom. The number of nitrogens with zero attached hydrogens (tertiary/aromatic N) is 7. The lowest BCUT2D eigenvalue weighted by Crippen LogP contribution is -2.52. The van der Waals surface area contributed by atoms with Gasteiger partial charge in [0.05, 0.1) is 44.8 Å². The Hall–Kier alpha value is -4.61. The average molecular weight is 489 g/mol. The molecule has 178 valence electrons. The van der Waals surface area contributed by atoms with E-state index in [1.807, 2.05) is 0 Å². The molecule has 0 aromatic carbocycles. The molecule has 0 radical (unpaired) electrons. The van der Waals surface area contributed by atoms with Gasteiger partial charge in [-0.25, -0.2) is 14.6 Å². The molecular weight excluding hydrogens is 452 g/mol. The van der Waals surface area contributed by atoms with Crippen molar-refractivity contribution in [3.63, 3.8) is 0 Å². The van der Waals surface area contributed by atoms with E-state index in [-0.39, 0.29) is 16.2 Å². The summed E-state index contributed by atoms with van der Waals surface area (Å²) in [5.41, 5.74) is -1.66. The lowest BCUT2D eigenvalue weighted by molar-refractivity contribution is -0.127. The van der Waals surface area contributed by atoms with Crippen LogP contribution in [0.5, 0.6) is 5.75 Å². The number of rotatable bonds is 5. The molecule has 0 atom stereocenters. The lowest BCUT2D eigenvalue weighted by atomic mass is 10.1. The second kappa shape index (κ2) is 8.97. The molecule has 5 heterocycles. The van der Waals surface area contributed by atoms with Gasteiger partial charge in [0.15, 0.2) is 5.82 Å². The number of ketones is 1. The van der Waals surface area contributed by atoms with Gasteiger partial charge in [0, 0.05) is 42.5 Å². The van der Waals surface area contributed by atoms with Crippen molar-refractivity contribution >= 4 is 28.5 Å². The predicted molar refractivity (Wildman–Crippen MR) is 123 cm³/mol. The Labute approximate surface area is 219 Å². The first-order valence-electron chi connectivity index (χ1n) is 16.6. The van der Waals surface area contributed by atoms with Crippen LogP contribution in [0.15, 0.2) is 43.1 Å². The highest BCUT2D eigenvalue weighted by molar-refractivity contribution is 6.45. The summed E-state index contributed by atoms with van der Waals surface area (Å²) in [7, 11) is -3.17. The number of carbonyl (C=O) groups is 3. The first-order chi connectivity index (χ1) is 22.4. The van der Waals surface area contributed by atoms with Crippen LogP contribution in [0, 0.1) is 6.85 Å². The molecule has 4 aromatic heterocycles. The molecule has 1 aliphatic rings. The van der Waals surface area contributed by atoms with Gasteiger partial charge in [-0.2, -0.15) is 5.10 Å². The SMILES string of the molecule is [2H]C([2H])([2H])Oc1cnc(-n2cnc(C([2H])([2H])[2H])n2)c2[nH]cc(C(=O)C(=O)N3C([2H])([2H])C([2H])([2H])N(C(=O)c4ccccn4)C([2H])([2H])C3([2H])[2H])c12. The van der Waals surface area contributed by atoms with Crippen molar-refractivity contribution in [3.8, 4) is 11.6 Å². The number of H-pyrrole nitrogens is 1. The van der Waals surface area contributed by atoms with E-state index in [1.54, 1.807) is 0 Å². The number of amides is 2. The number of Topliss-reactive ketones (excluding diaryl/α,β-unsaturated/α-hetero) is 1. The molecule has 5 rings (SSSR count). The number of hydrogen-bond acceptors (Lipinski definition) is 8. The fourth-order valence-electron chi connectivity index (χ4n) is 3.18. The fraction of sp³-hybridized carbons (Fsp3) is 0.261. The van der Waals surface area contributed by atoms with Crippen molar-refractivity contribution in [2.45, 2.75) is 6.85 Å². The molecule has 35 heavy (non-hydrogen) atoms. The molecule has 1 N–H and O–H groups in total. The maximum atomic E-state index is 13.8. The number of ether oxygens (including phenoxy) is 1. The summed E-state index contributed by atoms with van der Waals surface area (Å²) < 4.78 is 119. The summed E-state index contributed by atoms with van der Waals surface area (Å²) in [4.78, 5) is 53.9. The van der Waals surface area contributed by atoms with Crippen LogP contribution in [0.25, 0.3) is 16.7 Å². The Balaban J connectivity index is 1.65. The van der Waals surface area contributed by atoms with Crippen LogP contribution in [-0.4, -0.2) is 90.1 Å². The van der Waals surface area contributed by atoms with Crippen molar-refractivity contribution in [1.29, 1.82) is 0 Å². The highest BCUT2D eigenvalue weighted by atomic mass is 16.5. The molecule has 1 fully saturated rings. The van der Waals surface area contributed by atoms with Crippen LogP contribution in [-0.2, 0) is 4.79 Å². The normalized spacial score (nSPS) is 26.2. The number of pyridine rings is 2. The molecule has 0 aliphatic carbocycles. The van der Waals surface area contributed by atoms with Gasteiger partial charge >= 0.3 is 0 Å². The summed E-state index contributed by atoms with van der Waals surface area (Å²) in [6.45, 7) is -18.3. The van der Waals surface area contributed by atoms with Crippen LogP contribution >= 0.6 is 0 Å². The number of fused-ring (bicyclic) bond motifs is 1. The number of nitrogens with one attached hydrogen (secondary N) is 1. The van der Waals surface area contributed by atoms with Crippen molar-refractivity contribution < 1.29 is 38.3 Å². The smallest absolute Gasteiger partial charge is 0.295 e. The summed E-state index contributed by atoms with van der Waals surface area (Å²) in [5.74, 6) is -7.07. The van der Waals surface area contributed by atoms with Gasteiger partial charge in [-0.05, 0) is 19.0 Å². The topological polar surface area (TPSA) is 139 Å². The van der Waals surface area contributed by atoms with Gasteiger partial charge in [-0.15, -0.1) is 0 Å². The Morgan fingerprint density at radius 2 is 1.94 bits per heavy atom. The molecule has 2 amide bonds. The summed E-state index contributed by atoms with van der Waals surface area (Å²) >= 11 is 0. The standard InChI is InChI=1S/C23H22N8O4/c1-14-27-13-31(28-14)21-19-18(17(35-2)12-26-21)15(11-25-19)20(32)23(34)30-9-7-29(8-10-30)22(33)16-5-3-4-6-24-16/h3-6,11-13,25H,7-10H2,1-2H3/i1D3,2D3,7D2,8D2,9D2,10D2. The first-order valence-corrected chi connectivity index (χ1v) is 9.62. The van der Waals surface area contributed by atoms with E-state index < -0.39 is 90.6 Å². The quantitative estimate of drug-likeness (QED) is 0.324. The summed E-state index contributed by atoms with van der Waals surface area (Å²) in [5, 5.41) is 3.30. The number of aryl methyl sites for hydroxylation is 1. The fourth-order valence-corrected chi connectivity index (χ4v) is 3.18. The van der Waals surface area contributed by atoms with E-state index in [0.29, 0.717) is 0 Å². The second-order valence-electron chi connectivity index (χ2n) is 6.79. The van der Waals surface area contributed by atoms with E-state index in [4.69, 9.17) is 23.9 Å². The van der Waals surface area contributed by atoms with Crippen molar-refractivity contribution in [2.24, 2.45) is 0 Å². The van der Waals surface area contributed by atoms with E-state index in [2.05, 4.69) is 25.0 Å². The number of aromatic nitrogens is 6. The molecule has 0 saturated carbocycles. The van der Waals surface area contributed by atoms with E-state index in [0.717, 1.165) is 35.7 Å². The predicted octanol–water partition coefficient (Wildman–Crippen LogP) is 1.02. The minimum atomic E-state index is -3.94. The Kier molecular flexibility index (Phi) is 2.87.